The number of carboxylic acid groups (broad SMARTS) is 1. The van der Waals surface area contributed by atoms with E-state index in [1.54, 1.807) is 31.7 Å². The number of ether oxygens (including phenoxy) is 1. The Morgan fingerprint density at radius 3 is 2.32 bits per heavy atom. The number of nitrogens with one attached hydrogen (secondary N) is 1. The van der Waals surface area contributed by atoms with Crippen LogP contribution in [0.1, 0.15) is 72.8 Å². The second kappa shape index (κ2) is 9.78. The van der Waals surface area contributed by atoms with Crippen LogP contribution in [0, 0.1) is 17.8 Å². The molecule has 0 radical (unpaired) electrons. The van der Waals surface area contributed by atoms with Gasteiger partial charge >= 0.3 is 12.2 Å². The average Bonchev–Trinajstić information content (AvgIpc) is 2.59. The van der Waals surface area contributed by atoms with Crippen molar-refractivity contribution in [3.05, 3.63) is 22.8 Å². The van der Waals surface area contributed by atoms with Crippen LogP contribution in [0.15, 0.2) is 12.3 Å². The summed E-state index contributed by atoms with van der Waals surface area (Å²) in [5.74, 6) is 6.69. The van der Waals surface area contributed by atoms with Gasteiger partial charge in [0.2, 0.25) is 0 Å². The number of halogens is 1. The Labute approximate surface area is 189 Å². The lowest BCUT2D eigenvalue weighted by atomic mass is 9.84. The van der Waals surface area contributed by atoms with Crippen LogP contribution in [-0.4, -0.2) is 44.4 Å². The maximum Gasteiger partial charge on any atom is 0.413 e. The van der Waals surface area contributed by atoms with Gasteiger partial charge in [-0.3, -0.25) is 5.32 Å². The molecule has 0 bridgehead atoms. The van der Waals surface area contributed by atoms with E-state index in [2.05, 4.69) is 22.1 Å². The minimum Gasteiger partial charge on any atom is -0.465 e. The van der Waals surface area contributed by atoms with Gasteiger partial charge in [0.25, 0.3) is 0 Å². The molecule has 0 spiro atoms. The third-order valence-electron chi connectivity index (χ3n) is 4.91. The Hall–Kier alpha value is -2.46. The molecule has 8 heteroatoms. The molecule has 7 nitrogen and oxygen atoms in total. The van der Waals surface area contributed by atoms with Gasteiger partial charge in [0.15, 0.2) is 5.82 Å². The Bertz CT molecular complexity index is 870. The lowest BCUT2D eigenvalue weighted by Gasteiger charge is -2.42. The number of nitrogens with zero attached hydrogens (tertiary/aromatic N) is 2. The number of hydrogen-bond acceptors (Lipinski definition) is 4. The zero-order valence-electron chi connectivity index (χ0n) is 19.1. The molecule has 0 atom stereocenters. The molecule has 1 heterocycles. The molecule has 0 aliphatic heterocycles. The van der Waals surface area contributed by atoms with E-state index in [1.165, 1.54) is 6.20 Å². The maximum atomic E-state index is 12.1. The number of carbonyl (C=O) groups is 2. The van der Waals surface area contributed by atoms with E-state index in [-0.39, 0.29) is 17.8 Å². The molecule has 0 saturated heterocycles. The van der Waals surface area contributed by atoms with E-state index in [1.807, 2.05) is 20.8 Å². The highest BCUT2D eigenvalue weighted by atomic mass is 35.5. The van der Waals surface area contributed by atoms with Gasteiger partial charge in [-0.1, -0.05) is 23.4 Å². The number of rotatable bonds is 2. The Morgan fingerprint density at radius 1 is 1.19 bits per heavy atom. The third-order valence-corrected chi connectivity index (χ3v) is 5.23. The predicted octanol–water partition coefficient (Wildman–Crippen LogP) is 5.77. The van der Waals surface area contributed by atoms with E-state index in [0.29, 0.717) is 10.6 Å². The Morgan fingerprint density at radius 2 is 1.81 bits per heavy atom. The molecule has 0 aromatic carbocycles. The summed E-state index contributed by atoms with van der Waals surface area (Å²) in [6.07, 6.45) is 3.09. The summed E-state index contributed by atoms with van der Waals surface area (Å²) in [7, 11) is 0. The molecule has 1 aromatic heterocycles. The molecule has 170 valence electrons. The standard InChI is InChI=1S/C23H32ClN3O4/c1-22(2,3)27(21(29)30)16-10-7-15(8-11-16)9-12-17-18(24)13-14-25-19(17)26-20(28)31-23(4,5)6/h13-16H,7-8,10-11H2,1-6H3,(H,29,30)(H,25,26,28)/t15-,16-. The van der Waals surface area contributed by atoms with Crippen LogP contribution in [0.5, 0.6) is 0 Å². The molecule has 31 heavy (non-hydrogen) atoms. The molecule has 1 aliphatic carbocycles. The van der Waals surface area contributed by atoms with Crippen LogP contribution in [0.3, 0.4) is 0 Å². The lowest BCUT2D eigenvalue weighted by Crippen LogP contribution is -2.52. The highest BCUT2D eigenvalue weighted by Crippen LogP contribution is 2.31. The number of carbonyl (C=O) groups excluding carboxylic acids is 1. The fraction of sp³-hybridized carbons (Fsp3) is 0.609. The molecule has 2 rings (SSSR count). The Balaban J connectivity index is 2.10. The first-order valence-corrected chi connectivity index (χ1v) is 10.8. The number of hydrogen-bond donors (Lipinski definition) is 2. The Kier molecular flexibility index (Phi) is 7.82. The number of aromatic nitrogens is 1. The zero-order valence-corrected chi connectivity index (χ0v) is 19.8. The maximum absolute atomic E-state index is 12.1. The van der Waals surface area contributed by atoms with Crippen molar-refractivity contribution in [3.63, 3.8) is 0 Å². The topological polar surface area (TPSA) is 91.8 Å². The third kappa shape index (κ3) is 7.32. The zero-order chi connectivity index (χ0) is 23.4. The predicted molar refractivity (Wildman–Crippen MR) is 121 cm³/mol. The summed E-state index contributed by atoms with van der Waals surface area (Å²) in [4.78, 5) is 29.6. The highest BCUT2D eigenvalue weighted by Gasteiger charge is 2.35. The molecule has 0 unspecified atom stereocenters. The van der Waals surface area contributed by atoms with Crippen LogP contribution in [0.4, 0.5) is 15.4 Å². The fourth-order valence-electron chi connectivity index (χ4n) is 3.70. The molecule has 1 saturated carbocycles. The molecule has 2 N–H and O–H groups in total. The van der Waals surface area contributed by atoms with Crippen LogP contribution in [0.2, 0.25) is 5.02 Å². The number of amides is 2. The van der Waals surface area contributed by atoms with Gasteiger partial charge in [0.05, 0.1) is 10.6 Å². The second-order valence-electron chi connectivity index (χ2n) is 9.74. The van der Waals surface area contributed by atoms with Crippen molar-refractivity contribution < 1.29 is 19.4 Å². The summed E-state index contributed by atoms with van der Waals surface area (Å²) in [6.45, 7) is 11.1. The second-order valence-corrected chi connectivity index (χ2v) is 10.1. The van der Waals surface area contributed by atoms with E-state index in [4.69, 9.17) is 16.3 Å². The first kappa shape index (κ1) is 24.8. The van der Waals surface area contributed by atoms with Gasteiger partial charge in [0.1, 0.15) is 5.60 Å². The van der Waals surface area contributed by atoms with Crippen molar-refractivity contribution in [3.8, 4) is 11.8 Å². The number of anilines is 1. The average molecular weight is 450 g/mol. The van der Waals surface area contributed by atoms with Crippen molar-refractivity contribution in [2.75, 3.05) is 5.32 Å². The van der Waals surface area contributed by atoms with E-state index < -0.39 is 23.3 Å². The first-order valence-electron chi connectivity index (χ1n) is 10.5. The fourth-order valence-corrected chi connectivity index (χ4v) is 3.89. The normalized spacial score (nSPS) is 19.1. The van der Waals surface area contributed by atoms with Gasteiger partial charge in [-0.2, -0.15) is 0 Å². The summed E-state index contributed by atoms with van der Waals surface area (Å²) in [6, 6.07) is 1.61. The largest absolute Gasteiger partial charge is 0.465 e. The summed E-state index contributed by atoms with van der Waals surface area (Å²) >= 11 is 6.31. The van der Waals surface area contributed by atoms with Crippen molar-refractivity contribution >= 4 is 29.6 Å². The first-order chi connectivity index (χ1) is 14.3. The number of pyridine rings is 1. The summed E-state index contributed by atoms with van der Waals surface area (Å²) < 4.78 is 5.28. The van der Waals surface area contributed by atoms with Crippen molar-refractivity contribution in [1.29, 1.82) is 0 Å². The van der Waals surface area contributed by atoms with Gasteiger partial charge in [-0.25, -0.2) is 14.6 Å². The SMILES string of the molecule is CC(C)(C)OC(=O)Nc1nccc(Cl)c1C#C[C@H]1CC[C@H](N(C(=O)O)C(C)(C)C)CC1. The van der Waals surface area contributed by atoms with Gasteiger partial charge < -0.3 is 14.7 Å². The highest BCUT2D eigenvalue weighted by molar-refractivity contribution is 6.32. The minimum absolute atomic E-state index is 0.0121. The van der Waals surface area contributed by atoms with Crippen LogP contribution in [-0.2, 0) is 4.74 Å². The van der Waals surface area contributed by atoms with Crippen molar-refractivity contribution in [2.45, 2.75) is 84.4 Å². The van der Waals surface area contributed by atoms with E-state index >= 15 is 0 Å². The monoisotopic (exact) mass is 449 g/mol. The molecule has 1 aliphatic rings. The summed E-state index contributed by atoms with van der Waals surface area (Å²) in [5, 5.41) is 12.6. The van der Waals surface area contributed by atoms with Crippen LogP contribution < -0.4 is 5.32 Å². The molecular formula is C23H32ClN3O4. The molecular weight excluding hydrogens is 418 g/mol. The van der Waals surface area contributed by atoms with Crippen LogP contribution >= 0.6 is 11.6 Å². The van der Waals surface area contributed by atoms with E-state index in [9.17, 15) is 14.7 Å². The summed E-state index contributed by atoms with van der Waals surface area (Å²) in [5.41, 5.74) is -0.635. The lowest BCUT2D eigenvalue weighted by molar-refractivity contribution is 0.0535. The van der Waals surface area contributed by atoms with E-state index in [0.717, 1.165) is 25.7 Å². The smallest absolute Gasteiger partial charge is 0.413 e. The molecule has 1 aromatic rings. The van der Waals surface area contributed by atoms with Gasteiger partial charge in [-0.15, -0.1) is 0 Å². The molecule has 1 fully saturated rings. The minimum atomic E-state index is -0.887. The van der Waals surface area contributed by atoms with Gasteiger partial charge in [-0.05, 0) is 73.3 Å². The quantitative estimate of drug-likeness (QED) is 0.559. The van der Waals surface area contributed by atoms with Gasteiger partial charge in [0, 0.05) is 23.7 Å². The van der Waals surface area contributed by atoms with Crippen molar-refractivity contribution in [1.82, 2.24) is 9.88 Å². The molecule has 2 amide bonds. The van der Waals surface area contributed by atoms with Crippen molar-refractivity contribution in [2.24, 2.45) is 5.92 Å². The van der Waals surface area contributed by atoms with Crippen LogP contribution in [0.25, 0.3) is 0 Å².